The van der Waals surface area contributed by atoms with Crippen molar-refractivity contribution in [3.8, 4) is 67.5 Å². The third kappa shape index (κ3) is 6.31. The summed E-state index contributed by atoms with van der Waals surface area (Å²) >= 11 is 0. The van der Waals surface area contributed by atoms with Crippen molar-refractivity contribution in [3.05, 3.63) is 193 Å². The molecular weight excluding hydrogens is 753 g/mol. The number of benzene rings is 8. The van der Waals surface area contributed by atoms with Crippen LogP contribution in [0.3, 0.4) is 0 Å². The standard InChI is InChI=1S/C58H44N4/c1-59-48-27-22-45(23-28-48)56-60-55(44-18-16-40(17-19-44)41-20-25-47(26-21-41)58-34-37-30-38(35-58)32-39(31-37)36-58)61-57(62-56)46-24-29-51-52(33-46)54(43-12-6-3-7-13-43)50-15-9-8-14-49(50)53(51)42-10-4-2-5-11-42/h2-29,33,37-39H,30-32,34-36H2. The minimum atomic E-state index is 0.396. The number of aromatic nitrogens is 3. The molecule has 0 amide bonds. The van der Waals surface area contributed by atoms with Crippen molar-refractivity contribution in [1.82, 2.24) is 15.0 Å². The zero-order valence-electron chi connectivity index (χ0n) is 34.5. The van der Waals surface area contributed by atoms with E-state index >= 15 is 0 Å². The van der Waals surface area contributed by atoms with E-state index in [-0.39, 0.29) is 0 Å². The average molecular weight is 797 g/mol. The predicted molar refractivity (Wildman–Crippen MR) is 254 cm³/mol. The first kappa shape index (κ1) is 36.6. The summed E-state index contributed by atoms with van der Waals surface area (Å²) in [5.41, 5.74) is 12.3. The fourth-order valence-corrected chi connectivity index (χ4v) is 11.9. The number of rotatable bonds is 7. The lowest BCUT2D eigenvalue weighted by atomic mass is 9.48. The van der Waals surface area contributed by atoms with E-state index in [1.54, 1.807) is 5.56 Å². The molecule has 4 aliphatic rings. The molecule has 4 heteroatoms. The summed E-state index contributed by atoms with van der Waals surface area (Å²) in [6.07, 6.45) is 8.54. The Kier molecular flexibility index (Phi) is 8.71. The maximum absolute atomic E-state index is 7.53. The summed E-state index contributed by atoms with van der Waals surface area (Å²) in [7, 11) is 0. The molecule has 62 heavy (non-hydrogen) atoms. The van der Waals surface area contributed by atoms with E-state index in [0.29, 0.717) is 28.6 Å². The highest BCUT2D eigenvalue weighted by molar-refractivity contribution is 6.21. The van der Waals surface area contributed by atoms with Crippen molar-refractivity contribution in [2.24, 2.45) is 17.8 Å². The number of hydrogen-bond donors (Lipinski definition) is 0. The normalized spacial score (nSPS) is 20.1. The molecule has 0 saturated heterocycles. The molecule has 0 radical (unpaired) electrons. The Morgan fingerprint density at radius 3 is 1.31 bits per heavy atom. The minimum absolute atomic E-state index is 0.396. The van der Waals surface area contributed by atoms with Crippen LogP contribution >= 0.6 is 0 Å². The summed E-state index contributed by atoms with van der Waals surface area (Å²) < 4.78 is 0. The van der Waals surface area contributed by atoms with Crippen molar-refractivity contribution in [2.75, 3.05) is 0 Å². The van der Waals surface area contributed by atoms with Crippen LogP contribution in [0.4, 0.5) is 5.69 Å². The molecule has 4 nitrogen and oxygen atoms in total. The van der Waals surface area contributed by atoms with E-state index in [9.17, 15) is 0 Å². The van der Waals surface area contributed by atoms with Crippen LogP contribution in [0, 0.1) is 24.3 Å². The van der Waals surface area contributed by atoms with Crippen LogP contribution in [-0.4, -0.2) is 15.0 Å². The fourth-order valence-electron chi connectivity index (χ4n) is 11.9. The van der Waals surface area contributed by atoms with Gasteiger partial charge >= 0.3 is 0 Å². The van der Waals surface area contributed by atoms with Crippen molar-refractivity contribution in [3.63, 3.8) is 0 Å². The first-order valence-corrected chi connectivity index (χ1v) is 22.1. The number of hydrogen-bond acceptors (Lipinski definition) is 3. The molecule has 0 atom stereocenters. The van der Waals surface area contributed by atoms with Crippen LogP contribution in [0.25, 0.3) is 93.9 Å². The molecule has 0 unspecified atom stereocenters. The lowest BCUT2D eigenvalue weighted by Crippen LogP contribution is -2.48. The SMILES string of the molecule is [C-]#[N+]c1ccc(-c2nc(-c3ccc(-c4ccc(C56CC7CC(CC(C7)C5)C6)cc4)cc3)nc(-c3ccc4c(-c5ccccc5)c5ccccc5c(-c5ccccc5)c4c3)n2)cc1. The van der Waals surface area contributed by atoms with Gasteiger partial charge in [-0.25, -0.2) is 19.8 Å². The molecular formula is C58H44N4. The average Bonchev–Trinajstić information content (AvgIpc) is 3.33. The second kappa shape index (κ2) is 14.8. The fraction of sp³-hybridized carbons (Fsp3) is 0.172. The Bertz CT molecular complexity index is 3150. The molecule has 4 aliphatic carbocycles. The monoisotopic (exact) mass is 796 g/mol. The van der Waals surface area contributed by atoms with Gasteiger partial charge in [-0.05, 0) is 128 Å². The van der Waals surface area contributed by atoms with E-state index in [1.165, 1.54) is 82.5 Å². The Balaban J connectivity index is 0.970. The van der Waals surface area contributed by atoms with Crippen LogP contribution < -0.4 is 0 Å². The first-order chi connectivity index (χ1) is 30.6. The number of fused-ring (bicyclic) bond motifs is 2. The van der Waals surface area contributed by atoms with Gasteiger partial charge in [0.2, 0.25) is 0 Å². The van der Waals surface area contributed by atoms with Gasteiger partial charge in [-0.3, -0.25) is 0 Å². The summed E-state index contributed by atoms with van der Waals surface area (Å²) in [4.78, 5) is 19.1. The molecule has 1 heterocycles. The van der Waals surface area contributed by atoms with Crippen LogP contribution in [0.2, 0.25) is 0 Å². The lowest BCUT2D eigenvalue weighted by molar-refractivity contribution is -0.00518. The van der Waals surface area contributed by atoms with E-state index in [0.717, 1.165) is 45.4 Å². The largest absolute Gasteiger partial charge is 0.238 e. The molecule has 1 aromatic heterocycles. The molecule has 0 aliphatic heterocycles. The van der Waals surface area contributed by atoms with Crippen molar-refractivity contribution in [2.45, 2.75) is 43.9 Å². The molecule has 9 aromatic rings. The maximum atomic E-state index is 7.53. The van der Waals surface area contributed by atoms with E-state index in [1.807, 2.05) is 24.3 Å². The van der Waals surface area contributed by atoms with Gasteiger partial charge in [0.25, 0.3) is 0 Å². The second-order valence-corrected chi connectivity index (χ2v) is 18.1. The summed E-state index contributed by atoms with van der Waals surface area (Å²) in [5.74, 6) is 4.57. The topological polar surface area (TPSA) is 43.0 Å². The van der Waals surface area contributed by atoms with Gasteiger partial charge in [-0.15, -0.1) is 0 Å². The smallest absolute Gasteiger partial charge is 0.187 e. The summed E-state index contributed by atoms with van der Waals surface area (Å²) in [6.45, 7) is 7.53. The Morgan fingerprint density at radius 2 is 0.790 bits per heavy atom. The molecule has 0 N–H and O–H groups in total. The second-order valence-electron chi connectivity index (χ2n) is 18.1. The highest BCUT2D eigenvalue weighted by Crippen LogP contribution is 2.60. The van der Waals surface area contributed by atoms with Gasteiger partial charge in [0.1, 0.15) is 0 Å². The minimum Gasteiger partial charge on any atom is -0.238 e. The molecule has 13 rings (SSSR count). The van der Waals surface area contributed by atoms with Gasteiger partial charge in [0.15, 0.2) is 23.2 Å². The highest BCUT2D eigenvalue weighted by atomic mass is 15.0. The Labute approximate surface area is 362 Å². The van der Waals surface area contributed by atoms with Crippen molar-refractivity contribution >= 4 is 27.2 Å². The van der Waals surface area contributed by atoms with Gasteiger partial charge in [0, 0.05) is 16.7 Å². The molecule has 296 valence electrons. The summed E-state index contributed by atoms with van der Waals surface area (Å²) in [6, 6.07) is 62.5. The van der Waals surface area contributed by atoms with Gasteiger partial charge in [-0.2, -0.15) is 0 Å². The van der Waals surface area contributed by atoms with Gasteiger partial charge in [-0.1, -0.05) is 170 Å². The van der Waals surface area contributed by atoms with Crippen molar-refractivity contribution < 1.29 is 0 Å². The zero-order chi connectivity index (χ0) is 41.2. The van der Waals surface area contributed by atoms with Crippen LogP contribution in [0.15, 0.2) is 176 Å². The van der Waals surface area contributed by atoms with Crippen LogP contribution in [0.1, 0.15) is 44.1 Å². The third-order valence-electron chi connectivity index (χ3n) is 14.3. The summed E-state index contributed by atoms with van der Waals surface area (Å²) in [5, 5.41) is 4.71. The van der Waals surface area contributed by atoms with E-state index < -0.39 is 0 Å². The van der Waals surface area contributed by atoms with E-state index in [2.05, 4.69) is 157 Å². The van der Waals surface area contributed by atoms with Gasteiger partial charge in [0.05, 0.1) is 6.57 Å². The van der Waals surface area contributed by atoms with Crippen molar-refractivity contribution in [1.29, 1.82) is 0 Å². The van der Waals surface area contributed by atoms with E-state index in [4.69, 9.17) is 21.5 Å². The quantitative estimate of drug-likeness (QED) is 0.119. The lowest BCUT2D eigenvalue weighted by Gasteiger charge is -2.57. The molecule has 4 saturated carbocycles. The zero-order valence-corrected chi connectivity index (χ0v) is 34.5. The van der Waals surface area contributed by atoms with Crippen LogP contribution in [-0.2, 0) is 5.41 Å². The van der Waals surface area contributed by atoms with Gasteiger partial charge < -0.3 is 0 Å². The molecule has 8 aromatic carbocycles. The molecule has 4 bridgehead atoms. The maximum Gasteiger partial charge on any atom is 0.187 e. The van der Waals surface area contributed by atoms with Crippen LogP contribution in [0.5, 0.6) is 0 Å². The first-order valence-electron chi connectivity index (χ1n) is 22.1. The Hall–Kier alpha value is -7.22. The predicted octanol–water partition coefficient (Wildman–Crippen LogP) is 15.2. The third-order valence-corrected chi connectivity index (χ3v) is 14.3. The molecule has 4 fully saturated rings. The number of nitrogens with zero attached hydrogens (tertiary/aromatic N) is 4. The Morgan fingerprint density at radius 1 is 0.387 bits per heavy atom. The highest BCUT2D eigenvalue weighted by Gasteiger charge is 2.51. The molecule has 0 spiro atoms.